The number of carbonyl (C=O) groups is 1. The number of nitrogens with zero attached hydrogens (tertiary/aromatic N) is 1. The summed E-state index contributed by atoms with van der Waals surface area (Å²) >= 11 is 1.30. The van der Waals surface area contributed by atoms with Gasteiger partial charge in [-0.2, -0.15) is 0 Å². The maximum Gasteiger partial charge on any atom is 0.573 e. The number of ketones is 1. The Morgan fingerprint density at radius 2 is 1.84 bits per heavy atom. The van der Waals surface area contributed by atoms with Crippen LogP contribution in [0.4, 0.5) is 13.2 Å². The van der Waals surface area contributed by atoms with Crippen LogP contribution in [0.15, 0.2) is 71.7 Å². The van der Waals surface area contributed by atoms with E-state index in [9.17, 15) is 18.0 Å². The van der Waals surface area contributed by atoms with Crippen molar-refractivity contribution in [1.29, 1.82) is 0 Å². The Balaban J connectivity index is 1.79. The van der Waals surface area contributed by atoms with E-state index in [0.717, 1.165) is 0 Å². The molecule has 0 fully saturated rings. The fourth-order valence-corrected chi connectivity index (χ4v) is 5.01. The molecule has 0 saturated heterocycles. The topological polar surface area (TPSA) is 64.7 Å². The van der Waals surface area contributed by atoms with Gasteiger partial charge in [0.25, 0.3) is 0 Å². The molecule has 160 valence electrons. The lowest BCUT2D eigenvalue weighted by molar-refractivity contribution is -0.274. The summed E-state index contributed by atoms with van der Waals surface area (Å²) < 4.78 is 41.8. The molecule has 0 bridgehead atoms. The normalized spacial score (nSPS) is 21.2. The molecule has 8 heteroatoms. The third-order valence-corrected chi connectivity index (χ3v) is 6.48. The van der Waals surface area contributed by atoms with Crippen molar-refractivity contribution < 1.29 is 22.7 Å². The van der Waals surface area contributed by atoms with Gasteiger partial charge in [-0.25, -0.2) is 4.99 Å². The van der Waals surface area contributed by atoms with Crippen LogP contribution in [0.3, 0.4) is 0 Å². The maximum atomic E-state index is 13.5. The van der Waals surface area contributed by atoms with Gasteiger partial charge in [0.05, 0.1) is 5.92 Å². The van der Waals surface area contributed by atoms with Crippen LogP contribution < -0.4 is 10.5 Å². The van der Waals surface area contributed by atoms with Gasteiger partial charge in [-0.15, -0.1) is 24.5 Å². The minimum atomic E-state index is -4.77. The number of aliphatic imine (C=N–C) groups is 1. The van der Waals surface area contributed by atoms with Gasteiger partial charge in [-0.05, 0) is 41.8 Å². The van der Waals surface area contributed by atoms with Crippen molar-refractivity contribution >= 4 is 23.0 Å². The lowest BCUT2D eigenvalue weighted by Crippen LogP contribution is -2.35. The van der Waals surface area contributed by atoms with Gasteiger partial charge in [-0.1, -0.05) is 49.4 Å². The van der Waals surface area contributed by atoms with E-state index in [-0.39, 0.29) is 11.5 Å². The molecule has 4 rings (SSSR count). The average molecular weight is 444 g/mol. The standard InChI is InChI=1S/C23H19F3N2O2S/c1-2-17-20(29)22(28-21(17)27,15-8-4-3-5-9-15)19-12-11-18(31-19)14-7-6-10-16(13-14)30-23(24,25)26/h3-13,17H,2H2,1H3,(H2,27,28). The lowest BCUT2D eigenvalue weighted by atomic mass is 9.81. The quantitative estimate of drug-likeness (QED) is 0.563. The number of nitrogens with two attached hydrogens (primary N) is 1. The van der Waals surface area contributed by atoms with Crippen molar-refractivity contribution in [2.24, 2.45) is 16.6 Å². The Bertz CT molecular complexity index is 1140. The summed E-state index contributed by atoms with van der Waals surface area (Å²) in [4.78, 5) is 19.5. The molecule has 0 radical (unpaired) electrons. The highest BCUT2D eigenvalue weighted by atomic mass is 32.1. The Kier molecular flexibility index (Phi) is 5.35. The number of Topliss-reactive ketones (excluding diaryl/α,β-unsaturated/α-hetero) is 1. The summed E-state index contributed by atoms with van der Waals surface area (Å²) in [6, 6.07) is 18.5. The molecule has 1 aromatic heterocycles. The first-order valence-electron chi connectivity index (χ1n) is 9.66. The number of thiophene rings is 1. The van der Waals surface area contributed by atoms with Crippen LogP contribution in [0.1, 0.15) is 23.8 Å². The first-order chi connectivity index (χ1) is 14.7. The summed E-state index contributed by atoms with van der Waals surface area (Å²) in [5.74, 6) is -0.578. The maximum absolute atomic E-state index is 13.5. The lowest BCUT2D eigenvalue weighted by Gasteiger charge is -2.25. The molecule has 2 atom stereocenters. The molecule has 31 heavy (non-hydrogen) atoms. The highest BCUT2D eigenvalue weighted by Gasteiger charge is 2.51. The summed E-state index contributed by atoms with van der Waals surface area (Å²) in [6.45, 7) is 1.89. The molecule has 0 saturated carbocycles. The minimum Gasteiger partial charge on any atom is -0.406 e. The molecule has 0 amide bonds. The van der Waals surface area contributed by atoms with E-state index < -0.39 is 17.8 Å². The van der Waals surface area contributed by atoms with E-state index >= 15 is 0 Å². The zero-order chi connectivity index (χ0) is 22.2. The number of hydrogen-bond acceptors (Lipinski definition) is 5. The van der Waals surface area contributed by atoms with Crippen molar-refractivity contribution in [1.82, 2.24) is 0 Å². The molecular weight excluding hydrogens is 425 g/mol. The predicted molar refractivity (Wildman–Crippen MR) is 114 cm³/mol. The zero-order valence-corrected chi connectivity index (χ0v) is 17.3. The Morgan fingerprint density at radius 3 is 2.48 bits per heavy atom. The van der Waals surface area contributed by atoms with Crippen LogP contribution in [0.5, 0.6) is 5.75 Å². The number of halogens is 3. The predicted octanol–water partition coefficient (Wildman–Crippen LogP) is 5.52. The van der Waals surface area contributed by atoms with Gasteiger partial charge in [0, 0.05) is 9.75 Å². The van der Waals surface area contributed by atoms with Crippen LogP contribution in [-0.4, -0.2) is 18.0 Å². The molecule has 0 spiro atoms. The van der Waals surface area contributed by atoms with Crippen molar-refractivity contribution in [2.45, 2.75) is 25.2 Å². The molecule has 1 aliphatic rings. The molecule has 2 unspecified atom stereocenters. The average Bonchev–Trinajstić information content (AvgIpc) is 3.31. The molecular formula is C23H19F3N2O2S. The van der Waals surface area contributed by atoms with E-state index in [2.05, 4.69) is 9.73 Å². The number of alkyl halides is 3. The van der Waals surface area contributed by atoms with Crippen molar-refractivity contribution in [3.63, 3.8) is 0 Å². The van der Waals surface area contributed by atoms with E-state index in [1.54, 1.807) is 18.2 Å². The van der Waals surface area contributed by atoms with Crippen LogP contribution in [0.2, 0.25) is 0 Å². The summed E-state index contributed by atoms with van der Waals surface area (Å²) in [7, 11) is 0. The van der Waals surface area contributed by atoms with Gasteiger partial charge >= 0.3 is 6.36 Å². The van der Waals surface area contributed by atoms with Crippen LogP contribution in [0, 0.1) is 5.92 Å². The SMILES string of the molecule is CCC1C(=O)C(c2ccccc2)(c2ccc(-c3cccc(OC(F)(F)F)c3)s2)N=C1N. The highest BCUT2D eigenvalue weighted by Crippen LogP contribution is 2.46. The number of carbonyl (C=O) groups excluding carboxylic acids is 1. The van der Waals surface area contributed by atoms with Crippen molar-refractivity contribution in [3.05, 3.63) is 77.2 Å². The summed E-state index contributed by atoms with van der Waals surface area (Å²) in [5.41, 5.74) is 6.14. The number of amidine groups is 1. The van der Waals surface area contributed by atoms with Gasteiger partial charge in [0.15, 0.2) is 11.3 Å². The first kappa shape index (κ1) is 21.1. The van der Waals surface area contributed by atoms with Crippen molar-refractivity contribution in [2.75, 3.05) is 0 Å². The first-order valence-corrected chi connectivity index (χ1v) is 10.5. The number of hydrogen-bond donors (Lipinski definition) is 1. The third-order valence-electron chi connectivity index (χ3n) is 5.24. The second-order valence-corrected chi connectivity index (χ2v) is 8.26. The number of ether oxygens (including phenoxy) is 1. The van der Waals surface area contributed by atoms with E-state index in [1.807, 2.05) is 37.3 Å². The van der Waals surface area contributed by atoms with Gasteiger partial charge in [-0.3, -0.25) is 4.79 Å². The summed E-state index contributed by atoms with van der Waals surface area (Å²) in [5, 5.41) is 0. The smallest absolute Gasteiger partial charge is 0.406 e. The molecule has 3 aromatic rings. The largest absolute Gasteiger partial charge is 0.573 e. The van der Waals surface area contributed by atoms with Crippen LogP contribution in [-0.2, 0) is 10.3 Å². The molecule has 2 heterocycles. The minimum absolute atomic E-state index is 0.0961. The molecule has 1 aliphatic heterocycles. The monoisotopic (exact) mass is 444 g/mol. The fraction of sp³-hybridized carbons (Fsp3) is 0.217. The van der Waals surface area contributed by atoms with E-state index in [0.29, 0.717) is 33.1 Å². The zero-order valence-electron chi connectivity index (χ0n) is 16.5. The van der Waals surface area contributed by atoms with Crippen molar-refractivity contribution in [3.8, 4) is 16.2 Å². The van der Waals surface area contributed by atoms with Gasteiger partial charge < -0.3 is 10.5 Å². The molecule has 0 aliphatic carbocycles. The van der Waals surface area contributed by atoms with Gasteiger partial charge in [0.2, 0.25) is 0 Å². The van der Waals surface area contributed by atoms with E-state index in [4.69, 9.17) is 5.73 Å². The third kappa shape index (κ3) is 3.83. The second kappa shape index (κ2) is 7.85. The molecule has 2 aromatic carbocycles. The summed E-state index contributed by atoms with van der Waals surface area (Å²) in [6.07, 6.45) is -4.23. The number of rotatable bonds is 5. The van der Waals surface area contributed by atoms with Crippen LogP contribution >= 0.6 is 11.3 Å². The Morgan fingerprint density at radius 1 is 1.10 bits per heavy atom. The Labute approximate surface area is 181 Å². The van der Waals surface area contributed by atoms with E-state index in [1.165, 1.54) is 29.5 Å². The second-order valence-electron chi connectivity index (χ2n) is 7.18. The number of benzene rings is 2. The molecule has 2 N–H and O–H groups in total. The molecule has 4 nitrogen and oxygen atoms in total. The van der Waals surface area contributed by atoms with Gasteiger partial charge in [0.1, 0.15) is 11.6 Å². The highest BCUT2D eigenvalue weighted by molar-refractivity contribution is 7.15. The van der Waals surface area contributed by atoms with Crippen LogP contribution in [0.25, 0.3) is 10.4 Å². The fourth-order valence-electron chi connectivity index (χ4n) is 3.85. The Hall–Kier alpha value is -3.13.